The number of hydrogen-bond acceptors (Lipinski definition) is 1. The first kappa shape index (κ1) is 13.0. The molecule has 1 N–H and O–H groups in total. The lowest BCUT2D eigenvalue weighted by Crippen LogP contribution is -2.39. The maximum atomic E-state index is 9.72. The van der Waals surface area contributed by atoms with Gasteiger partial charge in [-0.2, -0.15) is 0 Å². The fourth-order valence-corrected chi connectivity index (χ4v) is 2.23. The summed E-state index contributed by atoms with van der Waals surface area (Å²) in [5.41, 5.74) is -0.214. The Hall–Kier alpha value is -0.0400. The van der Waals surface area contributed by atoms with E-state index in [0.29, 0.717) is 0 Å². The molecule has 3 aliphatic rings. The van der Waals surface area contributed by atoms with E-state index in [0.717, 1.165) is 25.2 Å². The van der Waals surface area contributed by atoms with Crippen LogP contribution in [0.4, 0.5) is 0 Å². The predicted octanol–water partition coefficient (Wildman–Crippen LogP) is 3.75. The SMILES string of the molecule is CC.CC.OC12CCC(CC1)CC2. The zero-order chi connectivity index (χ0) is 10.3. The van der Waals surface area contributed by atoms with Gasteiger partial charge in [0.25, 0.3) is 0 Å². The van der Waals surface area contributed by atoms with Crippen molar-refractivity contribution in [3.05, 3.63) is 0 Å². The third-order valence-electron chi connectivity index (χ3n) is 3.05. The number of fused-ring (bicyclic) bond motifs is 3. The Balaban J connectivity index is 0.000000322. The van der Waals surface area contributed by atoms with Crippen LogP contribution >= 0.6 is 0 Å². The Labute approximate surface area is 83.5 Å². The van der Waals surface area contributed by atoms with E-state index in [1.165, 1.54) is 19.3 Å². The molecule has 0 saturated heterocycles. The third-order valence-corrected chi connectivity index (χ3v) is 3.05. The maximum Gasteiger partial charge on any atom is 0.0648 e. The highest BCUT2D eigenvalue weighted by atomic mass is 16.3. The lowest BCUT2D eigenvalue weighted by Gasteiger charge is -2.42. The summed E-state index contributed by atoms with van der Waals surface area (Å²) in [6.45, 7) is 8.00. The summed E-state index contributed by atoms with van der Waals surface area (Å²) in [5.74, 6) is 0.971. The molecular formula is C12H26O. The Morgan fingerprint density at radius 2 is 1.15 bits per heavy atom. The lowest BCUT2D eigenvalue weighted by molar-refractivity contribution is -0.0541. The molecule has 0 aromatic carbocycles. The van der Waals surface area contributed by atoms with Crippen LogP contribution in [0.1, 0.15) is 66.2 Å². The second-order valence-corrected chi connectivity index (χ2v) is 3.71. The van der Waals surface area contributed by atoms with Crippen molar-refractivity contribution in [3.63, 3.8) is 0 Å². The molecule has 3 rings (SSSR count). The van der Waals surface area contributed by atoms with Gasteiger partial charge in [-0.25, -0.2) is 0 Å². The Kier molecular flexibility index (Phi) is 6.40. The largest absolute Gasteiger partial charge is 0.390 e. The molecule has 0 heterocycles. The summed E-state index contributed by atoms with van der Waals surface area (Å²) in [5, 5.41) is 9.72. The van der Waals surface area contributed by atoms with Crippen molar-refractivity contribution >= 4 is 0 Å². The van der Waals surface area contributed by atoms with Crippen molar-refractivity contribution in [2.45, 2.75) is 71.8 Å². The van der Waals surface area contributed by atoms with Gasteiger partial charge in [0.2, 0.25) is 0 Å². The Morgan fingerprint density at radius 1 is 0.846 bits per heavy atom. The predicted molar refractivity (Wildman–Crippen MR) is 58.8 cm³/mol. The van der Waals surface area contributed by atoms with Gasteiger partial charge in [0.15, 0.2) is 0 Å². The third kappa shape index (κ3) is 3.68. The van der Waals surface area contributed by atoms with Gasteiger partial charge < -0.3 is 5.11 Å². The molecule has 0 aromatic rings. The molecule has 2 bridgehead atoms. The van der Waals surface area contributed by atoms with Crippen LogP contribution in [0.3, 0.4) is 0 Å². The number of aliphatic hydroxyl groups is 1. The van der Waals surface area contributed by atoms with Gasteiger partial charge in [-0.15, -0.1) is 0 Å². The van der Waals surface area contributed by atoms with Crippen LogP contribution in [0.15, 0.2) is 0 Å². The summed E-state index contributed by atoms with van der Waals surface area (Å²) in [6.07, 6.45) is 7.11. The standard InChI is InChI=1S/C8H14O.2C2H6/c9-8-4-1-7(2-5-8)3-6-8;2*1-2/h7,9H,1-6H2;2*1-2H3. The van der Waals surface area contributed by atoms with Gasteiger partial charge in [-0.3, -0.25) is 0 Å². The molecule has 0 radical (unpaired) electrons. The van der Waals surface area contributed by atoms with Gasteiger partial charge in [0, 0.05) is 0 Å². The van der Waals surface area contributed by atoms with Gasteiger partial charge in [0.05, 0.1) is 5.60 Å². The highest BCUT2D eigenvalue weighted by Gasteiger charge is 2.38. The van der Waals surface area contributed by atoms with Gasteiger partial charge in [-0.05, 0) is 44.4 Å². The molecular weight excluding hydrogens is 160 g/mol. The Bertz CT molecular complexity index is 98.5. The summed E-state index contributed by atoms with van der Waals surface area (Å²) in [7, 11) is 0. The molecule has 1 nitrogen and oxygen atoms in total. The van der Waals surface area contributed by atoms with Crippen molar-refractivity contribution in [1.29, 1.82) is 0 Å². The van der Waals surface area contributed by atoms with Crippen molar-refractivity contribution in [3.8, 4) is 0 Å². The van der Waals surface area contributed by atoms with Crippen molar-refractivity contribution in [1.82, 2.24) is 0 Å². The van der Waals surface area contributed by atoms with E-state index < -0.39 is 0 Å². The molecule has 0 spiro atoms. The lowest BCUT2D eigenvalue weighted by atomic mass is 9.68. The smallest absolute Gasteiger partial charge is 0.0648 e. The molecule has 3 fully saturated rings. The van der Waals surface area contributed by atoms with Crippen LogP contribution in [-0.4, -0.2) is 10.7 Å². The molecule has 3 aliphatic carbocycles. The first-order valence-corrected chi connectivity index (χ1v) is 6.01. The zero-order valence-corrected chi connectivity index (χ0v) is 9.77. The van der Waals surface area contributed by atoms with E-state index in [-0.39, 0.29) is 5.60 Å². The minimum Gasteiger partial charge on any atom is -0.390 e. The van der Waals surface area contributed by atoms with Crippen LogP contribution in [0, 0.1) is 5.92 Å². The number of hydrogen-bond donors (Lipinski definition) is 1. The topological polar surface area (TPSA) is 20.2 Å². The summed E-state index contributed by atoms with van der Waals surface area (Å²) >= 11 is 0. The van der Waals surface area contributed by atoms with E-state index in [9.17, 15) is 5.11 Å². The second kappa shape index (κ2) is 6.42. The molecule has 80 valence electrons. The fraction of sp³-hybridized carbons (Fsp3) is 1.00. The molecule has 13 heavy (non-hydrogen) atoms. The molecule has 0 atom stereocenters. The van der Waals surface area contributed by atoms with Crippen LogP contribution in [0.5, 0.6) is 0 Å². The molecule has 0 aliphatic heterocycles. The van der Waals surface area contributed by atoms with Crippen LogP contribution in [0.25, 0.3) is 0 Å². The van der Waals surface area contributed by atoms with Crippen molar-refractivity contribution in [2.24, 2.45) is 5.92 Å². The van der Waals surface area contributed by atoms with E-state index in [4.69, 9.17) is 0 Å². The fourth-order valence-electron chi connectivity index (χ4n) is 2.23. The monoisotopic (exact) mass is 186 g/mol. The average Bonchev–Trinajstić information content (AvgIpc) is 2.25. The maximum absolute atomic E-state index is 9.72. The molecule has 3 saturated carbocycles. The summed E-state index contributed by atoms with van der Waals surface area (Å²) in [4.78, 5) is 0. The Morgan fingerprint density at radius 3 is 1.31 bits per heavy atom. The van der Waals surface area contributed by atoms with E-state index in [1.54, 1.807) is 0 Å². The highest BCUT2D eigenvalue weighted by Crippen LogP contribution is 2.43. The summed E-state index contributed by atoms with van der Waals surface area (Å²) in [6, 6.07) is 0. The zero-order valence-electron chi connectivity index (χ0n) is 9.77. The van der Waals surface area contributed by atoms with E-state index in [2.05, 4.69) is 0 Å². The van der Waals surface area contributed by atoms with E-state index >= 15 is 0 Å². The quantitative estimate of drug-likeness (QED) is 0.611. The minimum atomic E-state index is -0.214. The molecule has 0 unspecified atom stereocenters. The molecule has 1 heteroatoms. The average molecular weight is 186 g/mol. The van der Waals surface area contributed by atoms with Crippen LogP contribution in [0.2, 0.25) is 0 Å². The van der Waals surface area contributed by atoms with Gasteiger partial charge in [0.1, 0.15) is 0 Å². The normalized spacial score (nSPS) is 35.3. The van der Waals surface area contributed by atoms with Crippen LogP contribution < -0.4 is 0 Å². The molecule has 0 aromatic heterocycles. The van der Waals surface area contributed by atoms with Crippen molar-refractivity contribution in [2.75, 3.05) is 0 Å². The number of rotatable bonds is 0. The second-order valence-electron chi connectivity index (χ2n) is 3.71. The van der Waals surface area contributed by atoms with Crippen molar-refractivity contribution < 1.29 is 5.11 Å². The highest BCUT2D eigenvalue weighted by molar-refractivity contribution is 4.91. The first-order valence-electron chi connectivity index (χ1n) is 6.01. The summed E-state index contributed by atoms with van der Waals surface area (Å²) < 4.78 is 0. The first-order chi connectivity index (χ1) is 6.29. The van der Waals surface area contributed by atoms with Gasteiger partial charge in [-0.1, -0.05) is 27.7 Å². The molecule has 0 amide bonds. The van der Waals surface area contributed by atoms with E-state index in [1.807, 2.05) is 27.7 Å². The van der Waals surface area contributed by atoms with Gasteiger partial charge >= 0.3 is 0 Å². The van der Waals surface area contributed by atoms with Crippen LogP contribution in [-0.2, 0) is 0 Å². The minimum absolute atomic E-state index is 0.214.